The minimum Gasteiger partial charge on any atom is -0.417 e. The smallest absolute Gasteiger partial charge is 0.193 e. The Labute approximate surface area is 316 Å². The molecule has 0 unspecified atom stereocenters. The SMILES string of the molecule is C=C[C@@H](O[Si](C)(C)C(C)(C)C)[C@H](OCCCO[Si](C)(C)C(C)(C)C)[C@@H](C/C=C/CP(=O)(c1ccccc1)c1ccccc1)O[Si](C)(C)C(C)(C)C. The summed E-state index contributed by atoms with van der Waals surface area (Å²) in [5, 5.41) is 1.90. The predicted molar refractivity (Wildman–Crippen MR) is 230 cm³/mol. The highest BCUT2D eigenvalue weighted by atomic mass is 31.2. The van der Waals surface area contributed by atoms with E-state index in [0.717, 1.165) is 17.0 Å². The molecule has 0 fully saturated rings. The van der Waals surface area contributed by atoms with Crippen LogP contribution < -0.4 is 10.6 Å². The van der Waals surface area contributed by atoms with E-state index in [-0.39, 0.29) is 33.4 Å². The first kappa shape index (κ1) is 45.8. The molecule has 9 heteroatoms. The van der Waals surface area contributed by atoms with Gasteiger partial charge in [0, 0.05) is 30.0 Å². The van der Waals surface area contributed by atoms with E-state index in [0.29, 0.717) is 25.8 Å². The molecular weight excluding hydrogens is 700 g/mol. The van der Waals surface area contributed by atoms with Crippen molar-refractivity contribution in [3.8, 4) is 0 Å². The summed E-state index contributed by atoms with van der Waals surface area (Å²) in [6, 6.07) is 19.7. The molecule has 0 N–H and O–H groups in total. The molecule has 2 rings (SSSR count). The van der Waals surface area contributed by atoms with Gasteiger partial charge in [-0.25, -0.2) is 0 Å². The van der Waals surface area contributed by atoms with Gasteiger partial charge in [-0.3, -0.25) is 0 Å². The van der Waals surface area contributed by atoms with Crippen LogP contribution in [0.25, 0.3) is 0 Å². The molecule has 0 spiro atoms. The number of hydrogen-bond donors (Lipinski definition) is 0. The molecular formula is C42H73O5PSi3. The summed E-state index contributed by atoms with van der Waals surface area (Å²) in [6.45, 7) is 39.6. The van der Waals surface area contributed by atoms with Gasteiger partial charge in [0.1, 0.15) is 13.2 Å². The van der Waals surface area contributed by atoms with Crippen molar-refractivity contribution in [1.29, 1.82) is 0 Å². The fourth-order valence-electron chi connectivity index (χ4n) is 4.96. The molecule has 0 heterocycles. The molecule has 3 atom stereocenters. The first-order chi connectivity index (χ1) is 23.3. The maximum atomic E-state index is 14.8. The molecule has 0 saturated carbocycles. The second-order valence-electron chi connectivity index (χ2n) is 18.6. The molecule has 0 aliphatic rings. The molecule has 0 aliphatic heterocycles. The summed E-state index contributed by atoms with van der Waals surface area (Å²) in [5.41, 5.74) is 0. The topological polar surface area (TPSA) is 54.0 Å². The molecule has 0 bridgehead atoms. The third-order valence-electron chi connectivity index (χ3n) is 11.5. The zero-order valence-electron chi connectivity index (χ0n) is 35.0. The van der Waals surface area contributed by atoms with Crippen molar-refractivity contribution in [2.45, 2.75) is 148 Å². The zero-order valence-corrected chi connectivity index (χ0v) is 38.9. The second-order valence-corrected chi connectivity index (χ2v) is 35.8. The Hall–Kier alpha value is -1.36. The average molecular weight is 773 g/mol. The number of ether oxygens (including phenoxy) is 1. The van der Waals surface area contributed by atoms with Crippen LogP contribution >= 0.6 is 7.14 Å². The minimum absolute atomic E-state index is 0.00317. The summed E-state index contributed by atoms with van der Waals surface area (Å²) >= 11 is 0. The van der Waals surface area contributed by atoms with Gasteiger partial charge in [0.05, 0.1) is 12.2 Å². The molecule has 0 aliphatic carbocycles. The summed E-state index contributed by atoms with van der Waals surface area (Å²) < 4.78 is 42.5. The van der Waals surface area contributed by atoms with E-state index in [1.165, 1.54) is 0 Å². The zero-order chi connectivity index (χ0) is 38.9. The van der Waals surface area contributed by atoms with Crippen molar-refractivity contribution in [2.24, 2.45) is 0 Å². The lowest BCUT2D eigenvalue weighted by molar-refractivity contribution is -0.0775. The Morgan fingerprint density at radius 1 is 0.667 bits per heavy atom. The standard InChI is InChI=1S/C42H73O5PSi3/c1-17-37(46-50(13,14)41(5,6)7)39(44-32-26-33-45-49(11,12)40(2,3)4)38(47-51(15,16)42(8,9)10)31-24-25-34-48(43,35-27-20-18-21-28-35)36-29-22-19-23-30-36/h17-25,27-30,37-39H,1,26,31-34H2,2-16H3/b25-24+/t37-,38-,39+/m1/s1. The van der Waals surface area contributed by atoms with Gasteiger partial charge < -0.3 is 22.6 Å². The van der Waals surface area contributed by atoms with Gasteiger partial charge in [-0.05, 0) is 67.2 Å². The second kappa shape index (κ2) is 18.3. The van der Waals surface area contributed by atoms with Crippen molar-refractivity contribution >= 4 is 42.7 Å². The highest BCUT2D eigenvalue weighted by Gasteiger charge is 2.45. The lowest BCUT2D eigenvalue weighted by atomic mass is 10.0. The third-order valence-corrected chi connectivity index (χ3v) is 28.0. The van der Waals surface area contributed by atoms with Gasteiger partial charge >= 0.3 is 0 Å². The van der Waals surface area contributed by atoms with Crippen molar-refractivity contribution in [3.63, 3.8) is 0 Å². The van der Waals surface area contributed by atoms with Crippen molar-refractivity contribution < 1.29 is 22.6 Å². The van der Waals surface area contributed by atoms with Crippen LogP contribution in [-0.4, -0.2) is 62.6 Å². The van der Waals surface area contributed by atoms with Crippen molar-refractivity contribution in [1.82, 2.24) is 0 Å². The van der Waals surface area contributed by atoms with Gasteiger partial charge in [-0.2, -0.15) is 0 Å². The highest BCUT2D eigenvalue weighted by Crippen LogP contribution is 2.44. The Morgan fingerprint density at radius 2 is 1.12 bits per heavy atom. The lowest BCUT2D eigenvalue weighted by Gasteiger charge is -2.45. The molecule has 2 aromatic carbocycles. The normalized spacial score (nSPS) is 15.9. The highest BCUT2D eigenvalue weighted by molar-refractivity contribution is 7.78. The summed E-state index contributed by atoms with van der Waals surface area (Å²) in [5.74, 6) is 0. The maximum absolute atomic E-state index is 14.8. The van der Waals surface area contributed by atoms with Gasteiger partial charge in [0.15, 0.2) is 25.0 Å². The molecule has 2 aromatic rings. The van der Waals surface area contributed by atoms with Crippen molar-refractivity contribution in [2.75, 3.05) is 19.4 Å². The van der Waals surface area contributed by atoms with Crippen molar-refractivity contribution in [3.05, 3.63) is 85.5 Å². The molecule has 5 nitrogen and oxygen atoms in total. The van der Waals surface area contributed by atoms with E-state index < -0.39 is 32.1 Å². The lowest BCUT2D eigenvalue weighted by Crippen LogP contribution is -2.53. The van der Waals surface area contributed by atoms with E-state index in [1.54, 1.807) is 0 Å². The van der Waals surface area contributed by atoms with Crippen LogP contribution in [0.3, 0.4) is 0 Å². The molecule has 0 radical (unpaired) electrons. The van der Waals surface area contributed by atoms with Gasteiger partial charge in [0.25, 0.3) is 0 Å². The van der Waals surface area contributed by atoms with Gasteiger partial charge in [-0.15, -0.1) is 6.58 Å². The molecule has 0 amide bonds. The summed E-state index contributed by atoms with van der Waals surface area (Å²) in [4.78, 5) is 0. The van der Waals surface area contributed by atoms with E-state index >= 15 is 0 Å². The van der Waals surface area contributed by atoms with E-state index in [2.05, 4.69) is 120 Å². The summed E-state index contributed by atoms with van der Waals surface area (Å²) in [6.07, 6.45) is 6.96. The first-order valence-electron chi connectivity index (χ1n) is 18.9. The molecule has 0 saturated heterocycles. The average Bonchev–Trinajstić information content (AvgIpc) is 3.02. The van der Waals surface area contributed by atoms with E-state index in [9.17, 15) is 4.57 Å². The quantitative estimate of drug-likeness (QED) is 0.0616. The maximum Gasteiger partial charge on any atom is 0.193 e. The number of rotatable bonds is 19. The number of allylic oxidation sites excluding steroid dienone is 1. The Balaban J connectivity index is 2.51. The van der Waals surface area contributed by atoms with Crippen LogP contribution in [0.15, 0.2) is 85.5 Å². The fraction of sp³-hybridized carbons (Fsp3) is 0.619. The van der Waals surface area contributed by atoms with Crippen LogP contribution in [0.1, 0.15) is 75.2 Å². The predicted octanol–water partition coefficient (Wildman–Crippen LogP) is 11.7. The fourth-order valence-corrected chi connectivity index (χ4v) is 11.1. The van der Waals surface area contributed by atoms with Gasteiger partial charge in [0.2, 0.25) is 0 Å². The molecule has 288 valence electrons. The van der Waals surface area contributed by atoms with E-state index in [4.69, 9.17) is 18.0 Å². The van der Waals surface area contributed by atoms with Gasteiger partial charge in [-0.1, -0.05) is 141 Å². The van der Waals surface area contributed by atoms with E-state index in [1.807, 2.05) is 66.7 Å². The van der Waals surface area contributed by atoms with Crippen LogP contribution in [0.4, 0.5) is 0 Å². The molecule has 51 heavy (non-hydrogen) atoms. The van der Waals surface area contributed by atoms with Crippen LogP contribution in [-0.2, 0) is 22.6 Å². The minimum atomic E-state index is -2.89. The Morgan fingerprint density at radius 3 is 1.55 bits per heavy atom. The van der Waals surface area contributed by atoms with Crippen LogP contribution in [0.5, 0.6) is 0 Å². The Kier molecular flexibility index (Phi) is 16.4. The first-order valence-corrected chi connectivity index (χ1v) is 29.5. The van der Waals surface area contributed by atoms with Crippen LogP contribution in [0, 0.1) is 0 Å². The number of benzene rings is 2. The number of hydrogen-bond acceptors (Lipinski definition) is 5. The van der Waals surface area contributed by atoms with Crippen LogP contribution in [0.2, 0.25) is 54.4 Å². The largest absolute Gasteiger partial charge is 0.417 e. The Bertz CT molecular complexity index is 1380. The third kappa shape index (κ3) is 12.9. The summed E-state index contributed by atoms with van der Waals surface area (Å²) in [7, 11) is -9.21. The molecule has 0 aromatic heterocycles. The monoisotopic (exact) mass is 772 g/mol.